The van der Waals surface area contributed by atoms with Crippen molar-refractivity contribution in [3.05, 3.63) is 42.0 Å². The summed E-state index contributed by atoms with van der Waals surface area (Å²) in [7, 11) is 1.72. The first kappa shape index (κ1) is 9.01. The van der Waals surface area contributed by atoms with Crippen LogP contribution in [0.25, 0.3) is 6.08 Å². The molecule has 0 N–H and O–H groups in total. The van der Waals surface area contributed by atoms with Gasteiger partial charge in [-0.15, -0.1) is 0 Å². The van der Waals surface area contributed by atoms with Crippen LogP contribution in [0.5, 0.6) is 0 Å². The summed E-state index contributed by atoms with van der Waals surface area (Å²) in [6, 6.07) is 10.3. The molecule has 0 aliphatic heterocycles. The number of methoxy groups -OCH3 is 1. The third kappa shape index (κ3) is 3.35. The van der Waals surface area contributed by atoms with E-state index in [1.165, 1.54) is 5.56 Å². The summed E-state index contributed by atoms with van der Waals surface area (Å²) in [5.41, 5.74) is 1.24. The molecule has 0 aliphatic rings. The van der Waals surface area contributed by atoms with Gasteiger partial charge in [-0.05, 0) is 12.0 Å². The average Bonchev–Trinajstić information content (AvgIpc) is 2.14. The van der Waals surface area contributed by atoms with Crippen LogP contribution in [0.15, 0.2) is 36.4 Å². The Balaban J connectivity index is 2.36. The highest BCUT2D eigenvalue weighted by atomic mass is 16.5. The molecule has 1 aromatic carbocycles. The molecular weight excluding hydrogens is 148 g/mol. The Kier molecular flexibility index (Phi) is 4.17. The van der Waals surface area contributed by atoms with Crippen LogP contribution in [-0.4, -0.2) is 13.7 Å². The largest absolute Gasteiger partial charge is 0.384 e. The Labute approximate surface area is 73.7 Å². The molecule has 1 heteroatoms. The van der Waals surface area contributed by atoms with E-state index in [9.17, 15) is 0 Å². The van der Waals surface area contributed by atoms with E-state index in [1.807, 2.05) is 18.2 Å². The van der Waals surface area contributed by atoms with Gasteiger partial charge in [-0.2, -0.15) is 0 Å². The number of rotatable bonds is 4. The van der Waals surface area contributed by atoms with E-state index in [2.05, 4.69) is 24.3 Å². The van der Waals surface area contributed by atoms with Gasteiger partial charge in [0.2, 0.25) is 0 Å². The highest BCUT2D eigenvalue weighted by Crippen LogP contribution is 2.01. The Morgan fingerprint density at radius 2 is 2.00 bits per heavy atom. The summed E-state index contributed by atoms with van der Waals surface area (Å²) >= 11 is 0. The lowest BCUT2D eigenvalue weighted by Crippen LogP contribution is -1.83. The minimum absolute atomic E-state index is 0.795. The summed E-state index contributed by atoms with van der Waals surface area (Å²) in [6.45, 7) is 0.795. The van der Waals surface area contributed by atoms with Crippen LogP contribution < -0.4 is 0 Å². The minimum Gasteiger partial charge on any atom is -0.384 e. The molecule has 1 rings (SSSR count). The second kappa shape index (κ2) is 5.56. The zero-order chi connectivity index (χ0) is 8.65. The first-order valence-electron chi connectivity index (χ1n) is 4.14. The van der Waals surface area contributed by atoms with Crippen LogP contribution >= 0.6 is 0 Å². The molecule has 64 valence electrons. The smallest absolute Gasteiger partial charge is 0.0496 e. The molecule has 0 radical (unpaired) electrons. The molecule has 0 spiro atoms. The van der Waals surface area contributed by atoms with E-state index in [0.29, 0.717) is 0 Å². The maximum absolute atomic E-state index is 4.93. The van der Waals surface area contributed by atoms with Crippen molar-refractivity contribution in [3.63, 3.8) is 0 Å². The fourth-order valence-corrected chi connectivity index (χ4v) is 0.969. The van der Waals surface area contributed by atoms with Crippen LogP contribution in [0.1, 0.15) is 12.0 Å². The second-order valence-electron chi connectivity index (χ2n) is 2.59. The summed E-state index contributed by atoms with van der Waals surface area (Å²) in [5, 5.41) is 0. The highest BCUT2D eigenvalue weighted by Gasteiger charge is 1.81. The van der Waals surface area contributed by atoms with Crippen LogP contribution in [-0.2, 0) is 4.74 Å². The normalized spacial score (nSPS) is 10.8. The monoisotopic (exact) mass is 162 g/mol. The highest BCUT2D eigenvalue weighted by molar-refractivity contribution is 5.48. The first-order chi connectivity index (χ1) is 5.93. The van der Waals surface area contributed by atoms with Gasteiger partial charge < -0.3 is 4.74 Å². The van der Waals surface area contributed by atoms with Crippen LogP contribution in [0.4, 0.5) is 0 Å². The van der Waals surface area contributed by atoms with E-state index in [1.54, 1.807) is 7.11 Å². The summed E-state index contributed by atoms with van der Waals surface area (Å²) in [4.78, 5) is 0. The molecule has 0 aliphatic carbocycles. The number of benzene rings is 1. The number of hydrogen-bond donors (Lipinski definition) is 0. The lowest BCUT2D eigenvalue weighted by atomic mass is 10.2. The van der Waals surface area contributed by atoms with Gasteiger partial charge in [0.05, 0.1) is 0 Å². The lowest BCUT2D eigenvalue weighted by Gasteiger charge is -1.92. The van der Waals surface area contributed by atoms with Gasteiger partial charge in [-0.1, -0.05) is 42.5 Å². The third-order valence-electron chi connectivity index (χ3n) is 1.60. The average molecular weight is 162 g/mol. The summed E-state index contributed by atoms with van der Waals surface area (Å²) in [5.74, 6) is 0. The lowest BCUT2D eigenvalue weighted by molar-refractivity contribution is 0.204. The van der Waals surface area contributed by atoms with Crippen molar-refractivity contribution < 1.29 is 4.74 Å². The van der Waals surface area contributed by atoms with Gasteiger partial charge in [0, 0.05) is 13.7 Å². The van der Waals surface area contributed by atoms with Gasteiger partial charge >= 0.3 is 0 Å². The van der Waals surface area contributed by atoms with E-state index >= 15 is 0 Å². The van der Waals surface area contributed by atoms with Crippen molar-refractivity contribution >= 4 is 6.08 Å². The molecule has 0 atom stereocenters. The Hall–Kier alpha value is -1.08. The minimum atomic E-state index is 0.795. The molecule has 0 heterocycles. The number of ether oxygens (including phenoxy) is 1. The second-order valence-corrected chi connectivity index (χ2v) is 2.59. The van der Waals surface area contributed by atoms with E-state index < -0.39 is 0 Å². The van der Waals surface area contributed by atoms with E-state index in [0.717, 1.165) is 13.0 Å². The zero-order valence-corrected chi connectivity index (χ0v) is 7.36. The summed E-state index contributed by atoms with van der Waals surface area (Å²) < 4.78 is 4.93. The maximum atomic E-state index is 4.93. The Bertz CT molecular complexity index is 226. The van der Waals surface area contributed by atoms with Crippen molar-refractivity contribution in [1.29, 1.82) is 0 Å². The zero-order valence-electron chi connectivity index (χ0n) is 7.36. The molecule has 12 heavy (non-hydrogen) atoms. The Morgan fingerprint density at radius 3 is 2.67 bits per heavy atom. The first-order valence-corrected chi connectivity index (χ1v) is 4.14. The maximum Gasteiger partial charge on any atom is 0.0496 e. The standard InChI is InChI=1S/C11H14O/c1-12-10-6-5-9-11-7-3-2-4-8-11/h2-5,7-9H,6,10H2,1H3. The molecule has 0 saturated carbocycles. The van der Waals surface area contributed by atoms with E-state index in [-0.39, 0.29) is 0 Å². The van der Waals surface area contributed by atoms with Gasteiger partial charge in [-0.25, -0.2) is 0 Å². The topological polar surface area (TPSA) is 9.23 Å². The molecular formula is C11H14O. The van der Waals surface area contributed by atoms with Gasteiger partial charge in [-0.3, -0.25) is 0 Å². The predicted octanol–water partition coefficient (Wildman–Crippen LogP) is 2.74. The molecule has 0 aromatic heterocycles. The van der Waals surface area contributed by atoms with Crippen molar-refractivity contribution in [2.45, 2.75) is 6.42 Å². The van der Waals surface area contributed by atoms with Crippen LogP contribution in [0, 0.1) is 0 Å². The predicted molar refractivity (Wildman–Crippen MR) is 52.0 cm³/mol. The summed E-state index contributed by atoms with van der Waals surface area (Å²) in [6.07, 6.45) is 5.21. The molecule has 0 bridgehead atoms. The van der Waals surface area contributed by atoms with Crippen molar-refractivity contribution in [2.75, 3.05) is 13.7 Å². The third-order valence-corrected chi connectivity index (χ3v) is 1.60. The molecule has 1 aromatic rings. The SMILES string of the molecule is COCCC=Cc1ccccc1. The quantitative estimate of drug-likeness (QED) is 0.618. The molecule has 0 fully saturated rings. The molecule has 0 unspecified atom stereocenters. The fraction of sp³-hybridized carbons (Fsp3) is 0.273. The van der Waals surface area contributed by atoms with Crippen LogP contribution in [0.2, 0.25) is 0 Å². The molecule has 1 nitrogen and oxygen atoms in total. The fourth-order valence-electron chi connectivity index (χ4n) is 0.969. The Morgan fingerprint density at radius 1 is 1.25 bits per heavy atom. The van der Waals surface area contributed by atoms with Gasteiger partial charge in [0.25, 0.3) is 0 Å². The number of hydrogen-bond acceptors (Lipinski definition) is 1. The van der Waals surface area contributed by atoms with Gasteiger partial charge in [0.1, 0.15) is 0 Å². The van der Waals surface area contributed by atoms with E-state index in [4.69, 9.17) is 4.74 Å². The molecule has 0 amide bonds. The van der Waals surface area contributed by atoms with Crippen molar-refractivity contribution in [3.8, 4) is 0 Å². The van der Waals surface area contributed by atoms with Crippen molar-refractivity contribution in [1.82, 2.24) is 0 Å². The van der Waals surface area contributed by atoms with Gasteiger partial charge in [0.15, 0.2) is 0 Å². The van der Waals surface area contributed by atoms with Crippen molar-refractivity contribution in [2.24, 2.45) is 0 Å². The molecule has 0 saturated heterocycles. The van der Waals surface area contributed by atoms with Crippen LogP contribution in [0.3, 0.4) is 0 Å².